The van der Waals surface area contributed by atoms with E-state index >= 15 is 0 Å². The molecule has 2 rings (SSSR count). The number of rotatable bonds is 5. The highest BCUT2D eigenvalue weighted by molar-refractivity contribution is 5.48. The quantitative estimate of drug-likeness (QED) is 0.588. The summed E-state index contributed by atoms with van der Waals surface area (Å²) in [4.78, 5) is 0. The molecule has 0 aromatic heterocycles. The molecule has 0 saturated heterocycles. The van der Waals surface area contributed by atoms with E-state index in [9.17, 15) is 0 Å². The molecule has 92 valence electrons. The Morgan fingerprint density at radius 2 is 1.76 bits per heavy atom. The Morgan fingerprint density at radius 1 is 1.00 bits per heavy atom. The molecule has 0 N–H and O–H groups in total. The van der Waals surface area contributed by atoms with E-state index in [4.69, 9.17) is 0 Å². The van der Waals surface area contributed by atoms with Gasteiger partial charge in [-0.2, -0.15) is 0 Å². The van der Waals surface area contributed by atoms with Crippen molar-refractivity contribution >= 4 is 6.08 Å². The van der Waals surface area contributed by atoms with Crippen LogP contribution in [0.1, 0.15) is 56.9 Å². The standard InChI is InChI=1S/C17H24/c1-4-10-16(11-5-1)14-8-3-9-15-17-12-6-2-7-13-17/h1,4-5,8,10-11,14,17H,2-3,6-7,9,12-13,15H2. The summed E-state index contributed by atoms with van der Waals surface area (Å²) in [6, 6.07) is 10.6. The van der Waals surface area contributed by atoms with Crippen molar-refractivity contribution in [3.8, 4) is 0 Å². The van der Waals surface area contributed by atoms with Gasteiger partial charge in [-0.25, -0.2) is 0 Å². The van der Waals surface area contributed by atoms with Crippen molar-refractivity contribution in [3.05, 3.63) is 42.0 Å². The number of hydrogen-bond acceptors (Lipinski definition) is 0. The minimum atomic E-state index is 1.04. The maximum Gasteiger partial charge on any atom is -0.0260 e. The maximum atomic E-state index is 2.33. The summed E-state index contributed by atoms with van der Waals surface area (Å²) in [6.45, 7) is 0. The van der Waals surface area contributed by atoms with Crippen LogP contribution in [-0.2, 0) is 0 Å². The van der Waals surface area contributed by atoms with Gasteiger partial charge in [0, 0.05) is 0 Å². The van der Waals surface area contributed by atoms with E-state index in [0.717, 1.165) is 5.92 Å². The molecule has 0 spiro atoms. The van der Waals surface area contributed by atoms with Gasteiger partial charge in [0.1, 0.15) is 0 Å². The molecule has 1 aliphatic rings. The summed E-state index contributed by atoms with van der Waals surface area (Å²) < 4.78 is 0. The average Bonchev–Trinajstić information content (AvgIpc) is 2.41. The Bertz CT molecular complexity index is 317. The predicted molar refractivity (Wildman–Crippen MR) is 75.9 cm³/mol. The van der Waals surface area contributed by atoms with Crippen LogP contribution < -0.4 is 0 Å². The van der Waals surface area contributed by atoms with Crippen LogP contribution in [-0.4, -0.2) is 0 Å². The van der Waals surface area contributed by atoms with E-state index in [-0.39, 0.29) is 0 Å². The van der Waals surface area contributed by atoms with Crippen LogP contribution in [0.2, 0.25) is 0 Å². The Hall–Kier alpha value is -1.04. The Labute approximate surface area is 106 Å². The molecule has 1 aromatic carbocycles. The first-order valence-corrected chi connectivity index (χ1v) is 7.17. The average molecular weight is 228 g/mol. The fraction of sp³-hybridized carbons (Fsp3) is 0.529. The zero-order chi connectivity index (χ0) is 11.8. The minimum Gasteiger partial charge on any atom is -0.0839 e. The summed E-state index contributed by atoms with van der Waals surface area (Å²) in [6.07, 6.45) is 16.0. The highest BCUT2D eigenvalue weighted by atomic mass is 14.2. The third kappa shape index (κ3) is 4.77. The largest absolute Gasteiger partial charge is 0.0839 e. The number of unbranched alkanes of at least 4 members (excludes halogenated alkanes) is 1. The van der Waals surface area contributed by atoms with E-state index in [1.165, 1.54) is 56.9 Å². The second-order valence-corrected chi connectivity index (χ2v) is 5.25. The molecule has 1 aliphatic carbocycles. The van der Waals surface area contributed by atoms with Crippen LogP contribution >= 0.6 is 0 Å². The van der Waals surface area contributed by atoms with Crippen molar-refractivity contribution in [1.29, 1.82) is 0 Å². The fourth-order valence-electron chi connectivity index (χ4n) is 2.78. The van der Waals surface area contributed by atoms with Crippen LogP contribution in [0, 0.1) is 5.92 Å². The van der Waals surface area contributed by atoms with Crippen molar-refractivity contribution in [3.63, 3.8) is 0 Å². The molecule has 1 aromatic rings. The van der Waals surface area contributed by atoms with Crippen LogP contribution in [0.15, 0.2) is 36.4 Å². The summed E-state index contributed by atoms with van der Waals surface area (Å²) in [5, 5.41) is 0. The van der Waals surface area contributed by atoms with Crippen molar-refractivity contribution < 1.29 is 0 Å². The third-order valence-electron chi connectivity index (χ3n) is 3.82. The fourth-order valence-corrected chi connectivity index (χ4v) is 2.78. The highest BCUT2D eigenvalue weighted by Gasteiger charge is 2.11. The molecule has 0 aliphatic heterocycles. The van der Waals surface area contributed by atoms with Gasteiger partial charge in [-0.1, -0.05) is 81.0 Å². The molecule has 0 radical (unpaired) electrons. The minimum absolute atomic E-state index is 1.04. The predicted octanol–water partition coefficient (Wildman–Crippen LogP) is 5.45. The van der Waals surface area contributed by atoms with Crippen molar-refractivity contribution in [2.45, 2.75) is 51.4 Å². The molecule has 1 fully saturated rings. The van der Waals surface area contributed by atoms with E-state index in [0.29, 0.717) is 0 Å². The van der Waals surface area contributed by atoms with Crippen LogP contribution in [0.25, 0.3) is 6.08 Å². The number of allylic oxidation sites excluding steroid dienone is 1. The molecule has 0 bridgehead atoms. The first-order chi connectivity index (χ1) is 8.45. The van der Waals surface area contributed by atoms with Gasteiger partial charge in [-0.15, -0.1) is 0 Å². The summed E-state index contributed by atoms with van der Waals surface area (Å²) in [5.41, 5.74) is 1.32. The lowest BCUT2D eigenvalue weighted by molar-refractivity contribution is 0.333. The van der Waals surface area contributed by atoms with Crippen molar-refractivity contribution in [2.75, 3.05) is 0 Å². The van der Waals surface area contributed by atoms with Gasteiger partial charge in [-0.05, 0) is 24.3 Å². The summed E-state index contributed by atoms with van der Waals surface area (Å²) in [7, 11) is 0. The summed E-state index contributed by atoms with van der Waals surface area (Å²) in [5.74, 6) is 1.04. The first kappa shape index (κ1) is 12.4. The second-order valence-electron chi connectivity index (χ2n) is 5.25. The molecule has 0 nitrogen and oxygen atoms in total. The van der Waals surface area contributed by atoms with Gasteiger partial charge in [-0.3, -0.25) is 0 Å². The molecule has 0 heterocycles. The molecule has 17 heavy (non-hydrogen) atoms. The molecule has 0 unspecified atom stereocenters. The van der Waals surface area contributed by atoms with E-state index in [1.807, 2.05) is 0 Å². The number of benzene rings is 1. The number of hydrogen-bond donors (Lipinski definition) is 0. The lowest BCUT2D eigenvalue weighted by Gasteiger charge is -2.20. The van der Waals surface area contributed by atoms with E-state index < -0.39 is 0 Å². The molecular weight excluding hydrogens is 204 g/mol. The molecular formula is C17H24. The lowest BCUT2D eigenvalue weighted by atomic mass is 9.86. The first-order valence-electron chi connectivity index (χ1n) is 7.17. The second kappa shape index (κ2) is 7.32. The van der Waals surface area contributed by atoms with Crippen LogP contribution in [0.4, 0.5) is 0 Å². The van der Waals surface area contributed by atoms with Crippen LogP contribution in [0.5, 0.6) is 0 Å². The Morgan fingerprint density at radius 3 is 2.53 bits per heavy atom. The van der Waals surface area contributed by atoms with Crippen molar-refractivity contribution in [1.82, 2.24) is 0 Å². The van der Waals surface area contributed by atoms with Crippen LogP contribution in [0.3, 0.4) is 0 Å². The summed E-state index contributed by atoms with van der Waals surface area (Å²) >= 11 is 0. The molecule has 1 saturated carbocycles. The van der Waals surface area contributed by atoms with Gasteiger partial charge < -0.3 is 0 Å². The van der Waals surface area contributed by atoms with E-state index in [1.54, 1.807) is 0 Å². The van der Waals surface area contributed by atoms with Gasteiger partial charge >= 0.3 is 0 Å². The highest BCUT2D eigenvalue weighted by Crippen LogP contribution is 2.27. The van der Waals surface area contributed by atoms with Crippen molar-refractivity contribution in [2.24, 2.45) is 5.92 Å². The van der Waals surface area contributed by atoms with E-state index in [2.05, 4.69) is 42.5 Å². The Balaban J connectivity index is 1.61. The van der Waals surface area contributed by atoms with Gasteiger partial charge in [0.2, 0.25) is 0 Å². The SMILES string of the molecule is C(=Cc1ccccc1)CCCC1CCCCC1. The Kier molecular flexibility index (Phi) is 5.35. The third-order valence-corrected chi connectivity index (χ3v) is 3.82. The molecule has 0 atom stereocenters. The normalized spacial score (nSPS) is 17.6. The zero-order valence-electron chi connectivity index (χ0n) is 10.8. The maximum absolute atomic E-state index is 2.33. The van der Waals surface area contributed by atoms with Gasteiger partial charge in [0.15, 0.2) is 0 Å². The topological polar surface area (TPSA) is 0 Å². The zero-order valence-corrected chi connectivity index (χ0v) is 10.8. The molecule has 0 heteroatoms. The van der Waals surface area contributed by atoms with Gasteiger partial charge in [0.25, 0.3) is 0 Å². The smallest absolute Gasteiger partial charge is 0.0260 e. The monoisotopic (exact) mass is 228 g/mol. The lowest BCUT2D eigenvalue weighted by Crippen LogP contribution is -2.05. The van der Waals surface area contributed by atoms with Gasteiger partial charge in [0.05, 0.1) is 0 Å². The molecule has 0 amide bonds.